The fourth-order valence-electron chi connectivity index (χ4n) is 3.42. The molecule has 0 bridgehead atoms. The molecule has 3 rings (SSSR count). The summed E-state index contributed by atoms with van der Waals surface area (Å²) in [7, 11) is 0. The Bertz CT molecular complexity index is 889. The molecule has 2 unspecified atom stereocenters. The van der Waals surface area contributed by atoms with Crippen LogP contribution in [-0.2, 0) is 27.1 Å². The van der Waals surface area contributed by atoms with E-state index in [1.54, 1.807) is 4.90 Å². The Hall–Kier alpha value is -3.26. The number of nitrogens with two attached hydrogens (primary N) is 1. The van der Waals surface area contributed by atoms with Gasteiger partial charge in [-0.05, 0) is 49.9 Å². The molecule has 166 valence electrons. The van der Waals surface area contributed by atoms with Crippen LogP contribution in [0.3, 0.4) is 0 Å². The molecule has 2 N–H and O–H groups in total. The summed E-state index contributed by atoms with van der Waals surface area (Å²) in [6.45, 7) is 3.98. The average molecular weight is 428 g/mol. The van der Waals surface area contributed by atoms with E-state index in [-0.39, 0.29) is 12.8 Å². The Balaban J connectivity index is 1.45. The molecule has 0 fully saturated rings. The molecule has 8 nitrogen and oxygen atoms in total. The highest BCUT2D eigenvalue weighted by molar-refractivity contribution is 5.76. The van der Waals surface area contributed by atoms with E-state index in [1.807, 2.05) is 62.4 Å². The van der Waals surface area contributed by atoms with Crippen LogP contribution in [0.5, 0.6) is 11.5 Å². The number of ether oxygens (including phenoxy) is 4. The average Bonchev–Trinajstić information content (AvgIpc) is 3.22. The number of nitrogens with zero attached hydrogens (tertiary/aromatic N) is 1. The van der Waals surface area contributed by atoms with Gasteiger partial charge in [-0.2, -0.15) is 0 Å². The number of carbonyl (C=O) groups excluding carboxylic acids is 2. The zero-order valence-electron chi connectivity index (χ0n) is 17.8. The summed E-state index contributed by atoms with van der Waals surface area (Å²) in [5.74, 6) is 0.803. The minimum Gasteiger partial charge on any atom is -0.454 e. The van der Waals surface area contributed by atoms with Crippen LogP contribution in [0.15, 0.2) is 48.5 Å². The number of amides is 1. The largest absolute Gasteiger partial charge is 0.454 e. The first kappa shape index (κ1) is 22.4. The first-order valence-corrected chi connectivity index (χ1v) is 10.3. The van der Waals surface area contributed by atoms with Gasteiger partial charge in [0.1, 0.15) is 6.04 Å². The molecule has 31 heavy (non-hydrogen) atoms. The third-order valence-corrected chi connectivity index (χ3v) is 5.06. The van der Waals surface area contributed by atoms with Gasteiger partial charge in [-0.15, -0.1) is 0 Å². The second-order valence-corrected chi connectivity index (χ2v) is 7.31. The van der Waals surface area contributed by atoms with Crippen LogP contribution < -0.4 is 15.2 Å². The van der Waals surface area contributed by atoms with Gasteiger partial charge < -0.3 is 29.6 Å². The molecular weight excluding hydrogens is 400 g/mol. The summed E-state index contributed by atoms with van der Waals surface area (Å²) in [4.78, 5) is 26.1. The summed E-state index contributed by atoms with van der Waals surface area (Å²) in [5, 5.41) is 0. The van der Waals surface area contributed by atoms with Crippen molar-refractivity contribution in [2.24, 2.45) is 5.73 Å². The quantitative estimate of drug-likeness (QED) is 0.484. The molecule has 2 atom stereocenters. The smallest absolute Gasteiger partial charge is 0.412 e. The van der Waals surface area contributed by atoms with Gasteiger partial charge in [0.2, 0.25) is 13.6 Å². The third-order valence-electron chi connectivity index (χ3n) is 5.06. The van der Waals surface area contributed by atoms with Crippen molar-refractivity contribution in [3.8, 4) is 11.5 Å². The van der Waals surface area contributed by atoms with Crippen molar-refractivity contribution in [3.05, 3.63) is 59.7 Å². The Kier molecular flexibility index (Phi) is 7.72. The minimum atomic E-state index is -0.826. The zero-order chi connectivity index (χ0) is 22.2. The van der Waals surface area contributed by atoms with Crippen molar-refractivity contribution in [2.75, 3.05) is 20.1 Å². The van der Waals surface area contributed by atoms with E-state index >= 15 is 0 Å². The Labute approximate surface area is 181 Å². The topological polar surface area (TPSA) is 100 Å². The number of benzene rings is 2. The number of hydrogen-bond donors (Lipinski definition) is 1. The fourth-order valence-corrected chi connectivity index (χ4v) is 3.42. The SMILES string of the molecule is CCN(C(=O)OCOC(=O)C(N)Cc1ccccc1)C(C)Cc1ccc2c(c1)OCO2. The van der Waals surface area contributed by atoms with Gasteiger partial charge in [0.05, 0.1) is 0 Å². The minimum absolute atomic E-state index is 0.131. The van der Waals surface area contributed by atoms with Gasteiger partial charge in [0.15, 0.2) is 11.5 Å². The molecule has 1 aliphatic heterocycles. The van der Waals surface area contributed by atoms with Crippen molar-refractivity contribution < 1.29 is 28.5 Å². The Morgan fingerprint density at radius 1 is 1.03 bits per heavy atom. The maximum Gasteiger partial charge on any atom is 0.412 e. The molecule has 0 spiro atoms. The molecular formula is C23H28N2O6. The lowest BCUT2D eigenvalue weighted by Gasteiger charge is -2.27. The number of fused-ring (bicyclic) bond motifs is 1. The molecule has 1 aliphatic rings. The molecule has 1 heterocycles. The van der Waals surface area contributed by atoms with E-state index in [4.69, 9.17) is 24.7 Å². The van der Waals surface area contributed by atoms with Gasteiger partial charge >= 0.3 is 12.1 Å². The maximum absolute atomic E-state index is 12.5. The lowest BCUT2D eigenvalue weighted by atomic mass is 10.1. The molecule has 2 aromatic rings. The predicted octanol–water partition coefficient (Wildman–Crippen LogP) is 2.88. The molecule has 2 aromatic carbocycles. The summed E-state index contributed by atoms with van der Waals surface area (Å²) < 4.78 is 20.9. The molecule has 0 aromatic heterocycles. The Morgan fingerprint density at radius 2 is 1.77 bits per heavy atom. The fraction of sp³-hybridized carbons (Fsp3) is 0.391. The summed E-state index contributed by atoms with van der Waals surface area (Å²) >= 11 is 0. The van der Waals surface area contributed by atoms with Crippen LogP contribution in [0.25, 0.3) is 0 Å². The van der Waals surface area contributed by atoms with Gasteiger partial charge in [0.25, 0.3) is 0 Å². The van der Waals surface area contributed by atoms with Crippen molar-refractivity contribution in [1.82, 2.24) is 4.90 Å². The van der Waals surface area contributed by atoms with E-state index in [1.165, 1.54) is 0 Å². The van der Waals surface area contributed by atoms with Crippen LogP contribution in [0.4, 0.5) is 4.79 Å². The van der Waals surface area contributed by atoms with Gasteiger partial charge in [-0.25, -0.2) is 4.79 Å². The highest BCUT2D eigenvalue weighted by Gasteiger charge is 2.23. The maximum atomic E-state index is 12.5. The van der Waals surface area contributed by atoms with Crippen LogP contribution in [0, 0.1) is 0 Å². The molecule has 0 radical (unpaired) electrons. The van der Waals surface area contributed by atoms with E-state index < -0.39 is 24.9 Å². The normalized spacial score (nSPS) is 13.9. The molecule has 0 saturated heterocycles. The first-order chi connectivity index (χ1) is 15.0. The standard InChI is InChI=1S/C23H28N2O6/c1-3-25(16(2)11-18-9-10-20-21(13-18)29-14-28-20)23(27)31-15-30-22(26)19(24)12-17-7-5-4-6-8-17/h4-10,13,16,19H,3,11-12,14-15,24H2,1-2H3. The van der Waals surface area contributed by atoms with E-state index in [9.17, 15) is 9.59 Å². The second-order valence-electron chi connectivity index (χ2n) is 7.31. The molecule has 0 saturated carbocycles. The van der Waals surface area contributed by atoms with Gasteiger partial charge in [0, 0.05) is 12.6 Å². The van der Waals surface area contributed by atoms with Crippen molar-refractivity contribution in [3.63, 3.8) is 0 Å². The lowest BCUT2D eigenvalue weighted by molar-refractivity contribution is -0.154. The number of carbonyl (C=O) groups is 2. The number of hydrogen-bond acceptors (Lipinski definition) is 7. The van der Waals surface area contributed by atoms with E-state index in [2.05, 4.69) is 0 Å². The van der Waals surface area contributed by atoms with Crippen LogP contribution in [-0.4, -0.2) is 49.2 Å². The first-order valence-electron chi connectivity index (χ1n) is 10.3. The summed E-state index contributed by atoms with van der Waals surface area (Å²) in [6.07, 6.45) is 0.406. The molecule has 0 aliphatic carbocycles. The zero-order valence-corrected chi connectivity index (χ0v) is 17.8. The van der Waals surface area contributed by atoms with Gasteiger partial charge in [-0.3, -0.25) is 4.79 Å². The highest BCUT2D eigenvalue weighted by Crippen LogP contribution is 2.33. The summed E-state index contributed by atoms with van der Waals surface area (Å²) in [6, 6.07) is 14.2. The number of likely N-dealkylation sites (N-methyl/N-ethyl adjacent to an activating group) is 1. The monoisotopic (exact) mass is 428 g/mol. The summed E-state index contributed by atoms with van der Waals surface area (Å²) in [5.41, 5.74) is 7.82. The third kappa shape index (κ3) is 6.11. The second kappa shape index (κ2) is 10.7. The highest BCUT2D eigenvalue weighted by atomic mass is 16.7. The van der Waals surface area contributed by atoms with Crippen molar-refractivity contribution in [2.45, 2.75) is 38.8 Å². The lowest BCUT2D eigenvalue weighted by Crippen LogP contribution is -2.41. The molecule has 1 amide bonds. The van der Waals surface area contributed by atoms with Crippen molar-refractivity contribution >= 4 is 12.1 Å². The number of esters is 1. The van der Waals surface area contributed by atoms with Crippen LogP contribution in [0.2, 0.25) is 0 Å². The van der Waals surface area contributed by atoms with Gasteiger partial charge in [-0.1, -0.05) is 36.4 Å². The van der Waals surface area contributed by atoms with Crippen LogP contribution in [0.1, 0.15) is 25.0 Å². The van der Waals surface area contributed by atoms with Crippen molar-refractivity contribution in [1.29, 1.82) is 0 Å². The Morgan fingerprint density at radius 3 is 2.52 bits per heavy atom. The molecule has 8 heteroatoms. The predicted molar refractivity (Wildman–Crippen MR) is 114 cm³/mol. The van der Waals surface area contributed by atoms with Crippen LogP contribution >= 0.6 is 0 Å². The van der Waals surface area contributed by atoms with E-state index in [0.29, 0.717) is 25.1 Å². The van der Waals surface area contributed by atoms with E-state index in [0.717, 1.165) is 16.9 Å². The number of rotatable bonds is 9.